The minimum atomic E-state index is -0.636. The van der Waals surface area contributed by atoms with E-state index in [2.05, 4.69) is 5.32 Å². The zero-order chi connectivity index (χ0) is 23.3. The summed E-state index contributed by atoms with van der Waals surface area (Å²) in [6.07, 6.45) is 5.67. The Bertz CT molecular complexity index is 950. The first kappa shape index (κ1) is 24.6. The Morgan fingerprint density at radius 3 is 2.31 bits per heavy atom. The van der Waals surface area contributed by atoms with E-state index in [1.807, 2.05) is 32.0 Å². The molecule has 0 bridgehead atoms. The molecule has 1 unspecified atom stereocenters. The van der Waals surface area contributed by atoms with Gasteiger partial charge in [-0.3, -0.25) is 9.59 Å². The fourth-order valence-corrected chi connectivity index (χ4v) is 4.71. The molecule has 3 rings (SSSR count). The maximum Gasteiger partial charge on any atom is 0.242 e. The van der Waals surface area contributed by atoms with Gasteiger partial charge in [-0.2, -0.15) is 0 Å². The molecule has 0 radical (unpaired) electrons. The molecule has 1 N–H and O–H groups in total. The summed E-state index contributed by atoms with van der Waals surface area (Å²) in [7, 11) is 0. The molecule has 4 nitrogen and oxygen atoms in total. The number of hydrogen-bond acceptors (Lipinski definition) is 2. The number of nitrogens with one attached hydrogen (secondary N) is 1. The summed E-state index contributed by atoms with van der Waals surface area (Å²) in [5.74, 6) is -0.260. The molecular formula is C26H32Cl2N2O2. The van der Waals surface area contributed by atoms with E-state index in [1.165, 1.54) is 12.0 Å². The third kappa shape index (κ3) is 6.26. The lowest BCUT2D eigenvalue weighted by Crippen LogP contribution is -2.50. The van der Waals surface area contributed by atoms with Gasteiger partial charge in [0.05, 0.1) is 6.42 Å². The van der Waals surface area contributed by atoms with Crippen molar-refractivity contribution in [3.05, 3.63) is 68.7 Å². The average molecular weight is 475 g/mol. The molecule has 0 heterocycles. The van der Waals surface area contributed by atoms with Gasteiger partial charge in [0.1, 0.15) is 6.04 Å². The third-order valence-electron chi connectivity index (χ3n) is 6.44. The van der Waals surface area contributed by atoms with Gasteiger partial charge in [0, 0.05) is 28.2 Å². The van der Waals surface area contributed by atoms with Crippen LogP contribution in [0.1, 0.15) is 61.3 Å². The maximum absolute atomic E-state index is 13.4. The van der Waals surface area contributed by atoms with Crippen LogP contribution in [0.5, 0.6) is 0 Å². The summed E-state index contributed by atoms with van der Waals surface area (Å²) in [5, 5.41) is 4.13. The number of hydrogen-bond donors (Lipinski definition) is 1. The topological polar surface area (TPSA) is 49.4 Å². The molecule has 1 saturated carbocycles. The molecule has 32 heavy (non-hydrogen) atoms. The van der Waals surface area contributed by atoms with E-state index in [9.17, 15) is 9.59 Å². The molecule has 1 aliphatic carbocycles. The minimum Gasteiger partial charge on any atom is -0.352 e. The number of aryl methyl sites for hydroxylation is 2. The second kappa shape index (κ2) is 11.2. The van der Waals surface area contributed by atoms with Crippen LogP contribution in [0, 0.1) is 13.8 Å². The molecule has 0 saturated heterocycles. The van der Waals surface area contributed by atoms with Crippen LogP contribution in [-0.2, 0) is 22.6 Å². The SMILES string of the molecule is Cc1ccc(CC(=O)N(Cc2c(Cl)cccc2Cl)C(C)C(=O)NC2CCCCC2)cc1C. The van der Waals surface area contributed by atoms with Crippen LogP contribution in [0.4, 0.5) is 0 Å². The Labute approximate surface area is 201 Å². The van der Waals surface area contributed by atoms with Crippen LogP contribution >= 0.6 is 23.2 Å². The Balaban J connectivity index is 1.82. The van der Waals surface area contributed by atoms with E-state index >= 15 is 0 Å². The fraction of sp³-hybridized carbons (Fsp3) is 0.462. The zero-order valence-corrected chi connectivity index (χ0v) is 20.6. The van der Waals surface area contributed by atoms with Crippen molar-refractivity contribution in [2.75, 3.05) is 0 Å². The van der Waals surface area contributed by atoms with Gasteiger partial charge in [0.25, 0.3) is 0 Å². The van der Waals surface area contributed by atoms with E-state index in [1.54, 1.807) is 30.0 Å². The molecule has 1 atom stereocenters. The first-order chi connectivity index (χ1) is 15.3. The first-order valence-corrected chi connectivity index (χ1v) is 12.1. The normalized spacial score (nSPS) is 15.3. The number of benzene rings is 2. The third-order valence-corrected chi connectivity index (χ3v) is 7.14. The summed E-state index contributed by atoms with van der Waals surface area (Å²) in [6.45, 7) is 6.04. The van der Waals surface area contributed by atoms with Crippen molar-refractivity contribution in [3.8, 4) is 0 Å². The zero-order valence-electron chi connectivity index (χ0n) is 19.1. The summed E-state index contributed by atoms with van der Waals surface area (Å²) < 4.78 is 0. The van der Waals surface area contributed by atoms with Crippen LogP contribution in [0.3, 0.4) is 0 Å². The van der Waals surface area contributed by atoms with E-state index in [0.29, 0.717) is 15.6 Å². The highest BCUT2D eigenvalue weighted by atomic mass is 35.5. The second-order valence-corrected chi connectivity index (χ2v) is 9.65. The lowest BCUT2D eigenvalue weighted by molar-refractivity contribution is -0.140. The van der Waals surface area contributed by atoms with Crippen molar-refractivity contribution in [2.24, 2.45) is 0 Å². The van der Waals surface area contributed by atoms with Crippen molar-refractivity contribution in [2.45, 2.75) is 77.9 Å². The van der Waals surface area contributed by atoms with Crippen LogP contribution in [0.25, 0.3) is 0 Å². The van der Waals surface area contributed by atoms with Gasteiger partial charge >= 0.3 is 0 Å². The van der Waals surface area contributed by atoms with Crippen LogP contribution in [0.2, 0.25) is 10.0 Å². The summed E-state index contributed by atoms with van der Waals surface area (Å²) in [4.78, 5) is 28.1. The number of halogens is 2. The van der Waals surface area contributed by atoms with Crippen LogP contribution < -0.4 is 5.32 Å². The predicted octanol–water partition coefficient (Wildman–Crippen LogP) is 6.02. The van der Waals surface area contributed by atoms with Crippen molar-refractivity contribution in [1.29, 1.82) is 0 Å². The summed E-state index contributed by atoms with van der Waals surface area (Å²) in [6, 6.07) is 10.8. The fourth-order valence-electron chi connectivity index (χ4n) is 4.19. The van der Waals surface area contributed by atoms with Crippen molar-refractivity contribution < 1.29 is 9.59 Å². The average Bonchev–Trinajstić information content (AvgIpc) is 2.76. The molecule has 0 spiro atoms. The van der Waals surface area contributed by atoms with Gasteiger partial charge in [-0.25, -0.2) is 0 Å². The van der Waals surface area contributed by atoms with Gasteiger partial charge < -0.3 is 10.2 Å². The highest BCUT2D eigenvalue weighted by molar-refractivity contribution is 6.36. The Kier molecular flexibility index (Phi) is 8.61. The molecular weight excluding hydrogens is 443 g/mol. The van der Waals surface area contributed by atoms with E-state index < -0.39 is 6.04 Å². The van der Waals surface area contributed by atoms with Crippen molar-refractivity contribution in [1.82, 2.24) is 10.2 Å². The number of rotatable bonds is 7. The number of nitrogens with zero attached hydrogens (tertiary/aromatic N) is 1. The quantitative estimate of drug-likeness (QED) is 0.533. The molecule has 0 aromatic heterocycles. The van der Waals surface area contributed by atoms with Crippen LogP contribution in [-0.4, -0.2) is 28.8 Å². The largest absolute Gasteiger partial charge is 0.352 e. The standard InChI is InChI=1S/C26H32Cl2N2O2/c1-17-12-13-20(14-18(17)2)15-25(31)30(16-22-23(27)10-7-11-24(22)28)19(3)26(32)29-21-8-5-4-6-9-21/h7,10-14,19,21H,4-6,8-9,15-16H2,1-3H3,(H,29,32). The number of carbonyl (C=O) groups is 2. The van der Waals surface area contributed by atoms with E-state index in [4.69, 9.17) is 23.2 Å². The van der Waals surface area contributed by atoms with Crippen molar-refractivity contribution in [3.63, 3.8) is 0 Å². The summed E-state index contributed by atoms with van der Waals surface area (Å²) >= 11 is 12.8. The van der Waals surface area contributed by atoms with E-state index in [-0.39, 0.29) is 30.8 Å². The van der Waals surface area contributed by atoms with Crippen molar-refractivity contribution >= 4 is 35.0 Å². The Hall–Kier alpha value is -2.04. The lowest BCUT2D eigenvalue weighted by atomic mass is 9.95. The van der Waals surface area contributed by atoms with E-state index in [0.717, 1.165) is 36.8 Å². The van der Waals surface area contributed by atoms with Gasteiger partial charge in [-0.05, 0) is 62.4 Å². The minimum absolute atomic E-state index is 0.129. The molecule has 2 aromatic carbocycles. The Morgan fingerprint density at radius 1 is 1.03 bits per heavy atom. The maximum atomic E-state index is 13.4. The van der Waals surface area contributed by atoms with Gasteiger partial charge in [-0.15, -0.1) is 0 Å². The van der Waals surface area contributed by atoms with Crippen LogP contribution in [0.15, 0.2) is 36.4 Å². The molecule has 6 heteroatoms. The molecule has 1 aliphatic rings. The lowest BCUT2D eigenvalue weighted by Gasteiger charge is -2.31. The predicted molar refractivity (Wildman–Crippen MR) is 131 cm³/mol. The van der Waals surface area contributed by atoms with Gasteiger partial charge in [0.15, 0.2) is 0 Å². The number of amides is 2. The summed E-state index contributed by atoms with van der Waals surface area (Å²) in [5.41, 5.74) is 3.90. The molecule has 1 fully saturated rings. The molecule has 2 amide bonds. The van der Waals surface area contributed by atoms with Gasteiger partial charge in [0.2, 0.25) is 11.8 Å². The highest BCUT2D eigenvalue weighted by Crippen LogP contribution is 2.27. The Morgan fingerprint density at radius 2 is 1.69 bits per heavy atom. The second-order valence-electron chi connectivity index (χ2n) is 8.84. The number of carbonyl (C=O) groups excluding carboxylic acids is 2. The highest BCUT2D eigenvalue weighted by Gasteiger charge is 2.29. The molecule has 172 valence electrons. The monoisotopic (exact) mass is 474 g/mol. The molecule has 2 aromatic rings. The molecule has 0 aliphatic heterocycles. The smallest absolute Gasteiger partial charge is 0.242 e. The first-order valence-electron chi connectivity index (χ1n) is 11.3. The van der Waals surface area contributed by atoms with Gasteiger partial charge in [-0.1, -0.05) is 66.7 Å².